The fourth-order valence-electron chi connectivity index (χ4n) is 1.58. The van der Waals surface area contributed by atoms with Crippen LogP contribution in [-0.4, -0.2) is 10.2 Å². The van der Waals surface area contributed by atoms with E-state index in [2.05, 4.69) is 48.4 Å². The van der Waals surface area contributed by atoms with Crippen molar-refractivity contribution in [2.75, 3.05) is 5.32 Å². The number of halogens is 1. The molecule has 0 aliphatic heterocycles. The predicted molar refractivity (Wildman–Crippen MR) is 85.4 cm³/mol. The van der Waals surface area contributed by atoms with Gasteiger partial charge in [0.2, 0.25) is 0 Å². The van der Waals surface area contributed by atoms with E-state index in [9.17, 15) is 0 Å². The summed E-state index contributed by atoms with van der Waals surface area (Å²) in [4.78, 5) is 4.04. The van der Waals surface area contributed by atoms with E-state index >= 15 is 0 Å². The first-order valence-corrected chi connectivity index (χ1v) is 7.66. The smallest absolute Gasteiger partial charge is 0.152 e. The van der Waals surface area contributed by atoms with E-state index < -0.39 is 0 Å². The number of hydrogen-bond donors (Lipinski definition) is 1. The van der Waals surface area contributed by atoms with Crippen LogP contribution in [0.15, 0.2) is 42.6 Å². The highest BCUT2D eigenvalue weighted by atomic mass is 35.5. The lowest BCUT2D eigenvalue weighted by molar-refractivity contribution is 1.11. The van der Waals surface area contributed by atoms with Crippen molar-refractivity contribution in [1.82, 2.24) is 4.98 Å². The van der Waals surface area contributed by atoms with Crippen molar-refractivity contribution in [2.45, 2.75) is 24.9 Å². The number of rotatable bonds is 5. The minimum Gasteiger partial charge on any atom is -0.353 e. The molecule has 2 nitrogen and oxygen atoms in total. The molecule has 0 atom stereocenters. The summed E-state index contributed by atoms with van der Waals surface area (Å²) in [7, 11) is 0. The van der Waals surface area contributed by atoms with Crippen LogP contribution < -0.4 is 5.32 Å². The first-order chi connectivity index (χ1) is 9.15. The van der Waals surface area contributed by atoms with Gasteiger partial charge in [-0.15, -0.1) is 0 Å². The molecule has 100 valence electrons. The molecule has 1 heterocycles. The van der Waals surface area contributed by atoms with Crippen molar-refractivity contribution >= 4 is 34.7 Å². The summed E-state index contributed by atoms with van der Waals surface area (Å²) in [6.45, 7) is 4.43. The highest BCUT2D eigenvalue weighted by molar-refractivity contribution is 7.99. The highest BCUT2D eigenvalue weighted by Gasteiger charge is 2.01. The summed E-state index contributed by atoms with van der Waals surface area (Å²) in [5.74, 6) is 1.05. The standard InChI is InChI=1S/C15H17ClN2S/c1-11(2)19-10-12-5-7-13(8-6-12)18-14-4-3-9-17-15(14)16/h3-9,11,18H,10H2,1-2H3. The minimum absolute atomic E-state index is 0.488. The zero-order valence-corrected chi connectivity index (χ0v) is 12.6. The molecule has 0 fully saturated rings. The third-order valence-electron chi connectivity index (χ3n) is 2.58. The molecule has 0 saturated carbocycles. The van der Waals surface area contributed by atoms with E-state index in [1.54, 1.807) is 6.20 Å². The van der Waals surface area contributed by atoms with E-state index in [-0.39, 0.29) is 0 Å². The number of nitrogens with zero attached hydrogens (tertiary/aromatic N) is 1. The zero-order valence-electron chi connectivity index (χ0n) is 11.1. The Kier molecular flexibility index (Phi) is 5.11. The van der Waals surface area contributed by atoms with Crippen LogP contribution in [0.1, 0.15) is 19.4 Å². The highest BCUT2D eigenvalue weighted by Crippen LogP contribution is 2.24. The Balaban J connectivity index is 2.01. The molecule has 0 aliphatic rings. The fourth-order valence-corrected chi connectivity index (χ4v) is 2.47. The van der Waals surface area contributed by atoms with Gasteiger partial charge in [-0.2, -0.15) is 11.8 Å². The maximum Gasteiger partial charge on any atom is 0.152 e. The molecule has 19 heavy (non-hydrogen) atoms. The van der Waals surface area contributed by atoms with Gasteiger partial charge in [-0.1, -0.05) is 37.6 Å². The summed E-state index contributed by atoms with van der Waals surface area (Å²) >= 11 is 7.96. The number of anilines is 2. The lowest BCUT2D eigenvalue weighted by atomic mass is 10.2. The molecule has 0 amide bonds. The van der Waals surface area contributed by atoms with Gasteiger partial charge in [-0.3, -0.25) is 0 Å². The second-order valence-corrected chi connectivity index (χ2v) is 6.45. The van der Waals surface area contributed by atoms with Crippen molar-refractivity contribution in [2.24, 2.45) is 0 Å². The Hall–Kier alpha value is -1.19. The van der Waals surface area contributed by atoms with E-state index in [4.69, 9.17) is 11.6 Å². The molecule has 1 N–H and O–H groups in total. The van der Waals surface area contributed by atoms with Crippen LogP contribution in [0.5, 0.6) is 0 Å². The van der Waals surface area contributed by atoms with E-state index in [0.29, 0.717) is 10.4 Å². The second kappa shape index (κ2) is 6.83. The van der Waals surface area contributed by atoms with Crippen LogP contribution in [0.3, 0.4) is 0 Å². The summed E-state index contributed by atoms with van der Waals surface area (Å²) in [5, 5.41) is 4.41. The Morgan fingerprint density at radius 1 is 1.21 bits per heavy atom. The van der Waals surface area contributed by atoms with Gasteiger partial charge in [0.15, 0.2) is 5.15 Å². The second-order valence-electron chi connectivity index (χ2n) is 4.52. The molecule has 0 unspecified atom stereocenters. The van der Waals surface area contributed by atoms with Crippen molar-refractivity contribution in [3.8, 4) is 0 Å². The molecular formula is C15H17ClN2S. The van der Waals surface area contributed by atoms with Gasteiger partial charge in [-0.25, -0.2) is 4.98 Å². The van der Waals surface area contributed by atoms with Gasteiger partial charge in [0, 0.05) is 17.6 Å². The molecule has 0 spiro atoms. The summed E-state index contributed by atoms with van der Waals surface area (Å²) in [6, 6.07) is 12.2. The number of aromatic nitrogens is 1. The first kappa shape index (κ1) is 14.2. The Labute approximate surface area is 123 Å². The topological polar surface area (TPSA) is 24.9 Å². The molecule has 0 bridgehead atoms. The summed E-state index contributed by atoms with van der Waals surface area (Å²) in [5.41, 5.74) is 3.18. The molecule has 1 aromatic carbocycles. The molecule has 2 aromatic rings. The number of pyridine rings is 1. The fraction of sp³-hybridized carbons (Fsp3) is 0.267. The van der Waals surface area contributed by atoms with Crippen LogP contribution in [0.25, 0.3) is 0 Å². The summed E-state index contributed by atoms with van der Waals surface area (Å²) < 4.78 is 0. The lowest BCUT2D eigenvalue weighted by Gasteiger charge is -2.09. The maximum atomic E-state index is 6.01. The minimum atomic E-state index is 0.488. The van der Waals surface area contributed by atoms with Crippen molar-refractivity contribution in [3.05, 3.63) is 53.3 Å². The van der Waals surface area contributed by atoms with Crippen LogP contribution in [-0.2, 0) is 5.75 Å². The van der Waals surface area contributed by atoms with Gasteiger partial charge < -0.3 is 5.32 Å². The monoisotopic (exact) mass is 292 g/mol. The van der Waals surface area contributed by atoms with Crippen LogP contribution in [0, 0.1) is 0 Å². The van der Waals surface area contributed by atoms with Gasteiger partial charge in [-0.05, 0) is 35.1 Å². The Morgan fingerprint density at radius 2 is 1.95 bits per heavy atom. The molecule has 0 radical (unpaired) electrons. The van der Waals surface area contributed by atoms with Gasteiger partial charge in [0.05, 0.1) is 5.69 Å². The predicted octanol–water partition coefficient (Wildman–Crippen LogP) is 5.12. The van der Waals surface area contributed by atoms with E-state index in [1.165, 1.54) is 5.56 Å². The summed E-state index contributed by atoms with van der Waals surface area (Å²) in [6.07, 6.45) is 1.68. The van der Waals surface area contributed by atoms with E-state index in [1.807, 2.05) is 23.9 Å². The first-order valence-electron chi connectivity index (χ1n) is 6.23. The third-order valence-corrected chi connectivity index (χ3v) is 4.04. The molecule has 1 aromatic heterocycles. The molecule has 4 heteroatoms. The quantitative estimate of drug-likeness (QED) is 0.774. The number of nitrogens with one attached hydrogen (secondary N) is 1. The number of benzene rings is 1. The van der Waals surface area contributed by atoms with Gasteiger partial charge in [0.1, 0.15) is 0 Å². The molecule has 0 aliphatic carbocycles. The van der Waals surface area contributed by atoms with Crippen molar-refractivity contribution in [1.29, 1.82) is 0 Å². The number of thioether (sulfide) groups is 1. The number of hydrogen-bond acceptors (Lipinski definition) is 3. The van der Waals surface area contributed by atoms with Crippen LogP contribution >= 0.6 is 23.4 Å². The van der Waals surface area contributed by atoms with Crippen LogP contribution in [0.4, 0.5) is 11.4 Å². The van der Waals surface area contributed by atoms with Crippen molar-refractivity contribution < 1.29 is 0 Å². The zero-order chi connectivity index (χ0) is 13.7. The Bertz CT molecular complexity index is 526. The maximum absolute atomic E-state index is 6.01. The van der Waals surface area contributed by atoms with Crippen molar-refractivity contribution in [3.63, 3.8) is 0 Å². The third kappa shape index (κ3) is 4.44. The SMILES string of the molecule is CC(C)SCc1ccc(Nc2cccnc2Cl)cc1. The Morgan fingerprint density at radius 3 is 2.58 bits per heavy atom. The van der Waals surface area contributed by atoms with E-state index in [0.717, 1.165) is 17.1 Å². The van der Waals surface area contributed by atoms with Crippen LogP contribution in [0.2, 0.25) is 5.15 Å². The largest absolute Gasteiger partial charge is 0.353 e. The molecule has 0 saturated heterocycles. The average Bonchev–Trinajstić information content (AvgIpc) is 2.40. The van der Waals surface area contributed by atoms with Gasteiger partial charge in [0.25, 0.3) is 0 Å². The molecular weight excluding hydrogens is 276 g/mol. The normalized spacial score (nSPS) is 10.7. The van der Waals surface area contributed by atoms with Gasteiger partial charge >= 0.3 is 0 Å². The lowest BCUT2D eigenvalue weighted by Crippen LogP contribution is -1.93. The molecule has 2 rings (SSSR count). The average molecular weight is 293 g/mol.